The molecule has 0 amide bonds. The summed E-state index contributed by atoms with van der Waals surface area (Å²) in [6.07, 6.45) is 7.16. The van der Waals surface area contributed by atoms with E-state index in [1.165, 1.54) is 150 Å². The first-order valence-electron chi connectivity index (χ1n) is 27.2. The van der Waals surface area contributed by atoms with E-state index in [0.717, 1.165) is 0 Å². The van der Waals surface area contributed by atoms with E-state index in [2.05, 4.69) is 212 Å². The quantitative estimate of drug-likeness (QED) is 0.151. The lowest BCUT2D eigenvalue weighted by molar-refractivity contribution is 0.332. The van der Waals surface area contributed by atoms with Gasteiger partial charge in [-0.05, 0) is 215 Å². The Morgan fingerprint density at radius 3 is 1.47 bits per heavy atom. The van der Waals surface area contributed by atoms with Crippen LogP contribution < -0.4 is 26.2 Å². The lowest BCUT2D eigenvalue weighted by Gasteiger charge is -2.52. The molecule has 3 aliphatic heterocycles. The number of hydrogen-bond donors (Lipinski definition) is 0. The molecule has 0 radical (unpaired) electrons. The van der Waals surface area contributed by atoms with Crippen LogP contribution in [0.4, 0.5) is 34.1 Å². The molecule has 4 aliphatic carbocycles. The van der Waals surface area contributed by atoms with E-state index in [9.17, 15) is 0 Å². The van der Waals surface area contributed by atoms with Crippen LogP contribution in [-0.4, -0.2) is 6.71 Å². The number of rotatable bonds is 1. The standard InChI is InChI=1S/C67H77BN2/c1-38-31-55-58-59-56(38)67(17)44-32-39(60(2,3)4)21-23-41(44)42-19-18-20-52(57(42)67)70(59)54-37-49-47(64(11,12)28-30-66(49,15)16)35-51(54)68(58)50-34-46-48(65(13,14)29-27-63(46,9)10)36-53(50)69(55)40-22-24-43-45(33-40)62(7,8)26-25-61(43,5)6/h18-24,31-37H,25-30H2,1-17H3. The van der Waals surface area contributed by atoms with Crippen molar-refractivity contribution in [1.29, 1.82) is 0 Å². The zero-order chi connectivity index (χ0) is 49.6. The molecule has 0 N–H and O–H groups in total. The van der Waals surface area contributed by atoms with Crippen molar-refractivity contribution in [3.8, 4) is 11.1 Å². The molecule has 6 aromatic rings. The van der Waals surface area contributed by atoms with Gasteiger partial charge in [-0.1, -0.05) is 152 Å². The summed E-state index contributed by atoms with van der Waals surface area (Å²) in [4.78, 5) is 5.59. The van der Waals surface area contributed by atoms with Crippen molar-refractivity contribution in [3.63, 3.8) is 0 Å². The highest BCUT2D eigenvalue weighted by Crippen LogP contribution is 2.65. The molecule has 0 saturated carbocycles. The van der Waals surface area contributed by atoms with Gasteiger partial charge >= 0.3 is 0 Å². The second kappa shape index (κ2) is 13.3. The Kier molecular flexibility index (Phi) is 8.55. The molecule has 3 heterocycles. The van der Waals surface area contributed by atoms with Gasteiger partial charge in [0, 0.05) is 33.9 Å². The Morgan fingerprint density at radius 1 is 0.429 bits per heavy atom. The molecule has 0 saturated heterocycles. The lowest BCUT2D eigenvalue weighted by Crippen LogP contribution is -2.63. The highest BCUT2D eigenvalue weighted by Gasteiger charge is 2.56. The predicted octanol–water partition coefficient (Wildman–Crippen LogP) is 16.1. The first kappa shape index (κ1) is 44.9. The van der Waals surface area contributed by atoms with Gasteiger partial charge in [0.05, 0.1) is 5.69 Å². The third-order valence-electron chi connectivity index (χ3n) is 20.5. The summed E-state index contributed by atoms with van der Waals surface area (Å²) in [6, 6.07) is 36.0. The Bertz CT molecular complexity index is 3360. The second-order valence-electron chi connectivity index (χ2n) is 28.7. The fourth-order valence-electron chi connectivity index (χ4n) is 15.7. The van der Waals surface area contributed by atoms with Crippen LogP contribution in [0.1, 0.15) is 211 Å². The normalized spacial score (nSPS) is 23.2. The van der Waals surface area contributed by atoms with Crippen LogP contribution in [0.3, 0.4) is 0 Å². The van der Waals surface area contributed by atoms with Crippen molar-refractivity contribution in [2.45, 2.75) is 200 Å². The number of nitrogens with zero attached hydrogens (tertiary/aromatic N) is 2. The number of anilines is 6. The van der Waals surface area contributed by atoms with Crippen LogP contribution in [0.15, 0.2) is 84.9 Å². The van der Waals surface area contributed by atoms with Gasteiger partial charge < -0.3 is 9.80 Å². The molecule has 3 heteroatoms. The van der Waals surface area contributed by atoms with Crippen LogP contribution >= 0.6 is 0 Å². The van der Waals surface area contributed by atoms with E-state index in [4.69, 9.17) is 0 Å². The molecule has 0 fully saturated rings. The number of aryl methyl sites for hydroxylation is 1. The molecular weight excluding hydrogens is 844 g/mol. The zero-order valence-electron chi connectivity index (χ0n) is 45.8. The molecule has 6 aromatic carbocycles. The number of benzene rings is 6. The summed E-state index contributed by atoms with van der Waals surface area (Å²) < 4.78 is 0. The van der Waals surface area contributed by atoms with Crippen LogP contribution in [0, 0.1) is 6.92 Å². The van der Waals surface area contributed by atoms with Gasteiger partial charge in [-0.25, -0.2) is 0 Å². The number of fused-ring (bicyclic) bond motifs is 13. The second-order valence-corrected chi connectivity index (χ2v) is 28.7. The van der Waals surface area contributed by atoms with Crippen molar-refractivity contribution in [3.05, 3.63) is 146 Å². The van der Waals surface area contributed by atoms with E-state index >= 15 is 0 Å². The fraction of sp³-hybridized carbons (Fsp3) is 0.463. The maximum absolute atomic E-state index is 2.81. The van der Waals surface area contributed by atoms with E-state index in [0.29, 0.717) is 0 Å². The molecule has 0 spiro atoms. The molecule has 1 unspecified atom stereocenters. The average Bonchev–Trinajstić information content (AvgIpc) is 3.55. The predicted molar refractivity (Wildman–Crippen MR) is 301 cm³/mol. The first-order valence-corrected chi connectivity index (χ1v) is 27.2. The molecule has 70 heavy (non-hydrogen) atoms. The summed E-state index contributed by atoms with van der Waals surface area (Å²) in [5.74, 6) is 0. The molecule has 1 atom stereocenters. The van der Waals surface area contributed by atoms with Crippen LogP contribution in [0.25, 0.3) is 11.1 Å². The van der Waals surface area contributed by atoms with Crippen molar-refractivity contribution < 1.29 is 0 Å². The summed E-state index contributed by atoms with van der Waals surface area (Å²) in [5, 5.41) is 0. The molecule has 0 aromatic heterocycles. The van der Waals surface area contributed by atoms with E-state index < -0.39 is 0 Å². The van der Waals surface area contributed by atoms with Crippen molar-refractivity contribution >= 4 is 57.2 Å². The number of hydrogen-bond acceptors (Lipinski definition) is 2. The van der Waals surface area contributed by atoms with Gasteiger partial charge in [0.2, 0.25) is 0 Å². The Hall–Kier alpha value is -5.02. The van der Waals surface area contributed by atoms with Crippen molar-refractivity contribution in [2.75, 3.05) is 9.80 Å². The minimum Gasteiger partial charge on any atom is -0.311 e. The Balaban J connectivity index is 1.21. The topological polar surface area (TPSA) is 6.48 Å². The Labute approximate surface area is 421 Å². The molecule has 13 rings (SSSR count). The average molecular weight is 921 g/mol. The highest BCUT2D eigenvalue weighted by molar-refractivity contribution is 7.00. The molecule has 2 nitrogen and oxygen atoms in total. The van der Waals surface area contributed by atoms with Crippen LogP contribution in [0.5, 0.6) is 0 Å². The lowest BCUT2D eigenvalue weighted by atomic mass is 9.32. The van der Waals surface area contributed by atoms with Crippen molar-refractivity contribution in [1.82, 2.24) is 0 Å². The van der Waals surface area contributed by atoms with E-state index in [-0.39, 0.29) is 50.0 Å². The van der Waals surface area contributed by atoms with Crippen molar-refractivity contribution in [2.24, 2.45) is 0 Å². The van der Waals surface area contributed by atoms with E-state index in [1.54, 1.807) is 11.1 Å². The van der Waals surface area contributed by atoms with Gasteiger partial charge in [0.1, 0.15) is 0 Å². The third-order valence-corrected chi connectivity index (χ3v) is 20.5. The maximum atomic E-state index is 2.81. The smallest absolute Gasteiger partial charge is 0.252 e. The summed E-state index contributed by atoms with van der Waals surface area (Å²) in [6.45, 7) is 42.3. The van der Waals surface area contributed by atoms with Gasteiger partial charge in [0.15, 0.2) is 0 Å². The van der Waals surface area contributed by atoms with Gasteiger partial charge in [-0.2, -0.15) is 0 Å². The summed E-state index contributed by atoms with van der Waals surface area (Å²) in [5.41, 5.74) is 31.9. The minimum absolute atomic E-state index is 0.0247. The monoisotopic (exact) mass is 921 g/mol. The van der Waals surface area contributed by atoms with Gasteiger partial charge in [-0.3, -0.25) is 0 Å². The zero-order valence-corrected chi connectivity index (χ0v) is 45.8. The van der Waals surface area contributed by atoms with Gasteiger partial charge in [0.25, 0.3) is 6.71 Å². The minimum atomic E-state index is -0.348. The van der Waals surface area contributed by atoms with Crippen LogP contribution in [0.2, 0.25) is 0 Å². The third kappa shape index (κ3) is 5.59. The van der Waals surface area contributed by atoms with E-state index in [1.807, 2.05) is 0 Å². The fourth-order valence-corrected chi connectivity index (χ4v) is 15.7. The maximum Gasteiger partial charge on any atom is 0.252 e. The molecule has 0 bridgehead atoms. The Morgan fingerprint density at radius 2 is 0.929 bits per heavy atom. The van der Waals surface area contributed by atoms with Crippen LogP contribution in [-0.2, 0) is 43.3 Å². The molecule has 7 aliphatic rings. The largest absolute Gasteiger partial charge is 0.311 e. The van der Waals surface area contributed by atoms with Gasteiger partial charge in [-0.15, -0.1) is 0 Å². The molecular formula is C67H77BN2. The SMILES string of the molecule is Cc1cc2c3c4c1C1(C)c5cc(C(C)(C)C)ccc5-c5cccc(c51)N4c1cc4c(cc1B3c1cc3c(cc1N2c1ccc2c(c1)C(C)(C)CCC2(C)C)C(C)(C)CCC3(C)C)C(C)(C)CCC4(C)C. The molecule has 358 valence electrons. The summed E-state index contributed by atoms with van der Waals surface area (Å²) >= 11 is 0. The summed E-state index contributed by atoms with van der Waals surface area (Å²) in [7, 11) is 0. The first-order chi connectivity index (χ1) is 32.6. The highest BCUT2D eigenvalue weighted by atomic mass is 15.2.